The van der Waals surface area contributed by atoms with Crippen LogP contribution < -0.4 is 5.46 Å². The maximum Gasteiger partial charge on any atom is 0.489 e. The third-order valence-corrected chi connectivity index (χ3v) is 20.2. The van der Waals surface area contributed by atoms with Crippen molar-refractivity contribution in [1.82, 2.24) is 0 Å². The van der Waals surface area contributed by atoms with Crippen molar-refractivity contribution in [2.75, 3.05) is 0 Å². The lowest BCUT2D eigenvalue weighted by Crippen LogP contribution is -2.31. The van der Waals surface area contributed by atoms with E-state index in [0.29, 0.717) is 5.46 Å². The van der Waals surface area contributed by atoms with E-state index in [1.807, 2.05) is 78.9 Å². The Kier molecular flexibility index (Phi) is 15.5. The fraction of sp³-hybridized carbons (Fsp3) is 0.0108. The predicted octanol–water partition coefficient (Wildman–Crippen LogP) is 25.5. The molecule has 468 valence electrons. The number of rotatable bonds is 6. The van der Waals surface area contributed by atoms with E-state index in [-0.39, 0.29) is 7.43 Å². The van der Waals surface area contributed by atoms with Crippen LogP contribution in [0.4, 0.5) is 0 Å². The summed E-state index contributed by atoms with van der Waals surface area (Å²) in [5.74, 6) is 0. The van der Waals surface area contributed by atoms with Crippen LogP contribution in [0.15, 0.2) is 353 Å². The van der Waals surface area contributed by atoms with Crippen LogP contribution in [-0.4, -0.2) is 17.2 Å². The Labute approximate surface area is 580 Å². The molecule has 0 amide bonds. The highest BCUT2D eigenvalue weighted by atomic mass is 79.9. The molecule has 2 N–H and O–H groups in total. The second-order valence-corrected chi connectivity index (χ2v) is 26.0. The number of halogens is 1. The Morgan fingerprint density at radius 1 is 0.222 bits per heavy atom. The highest BCUT2D eigenvalue weighted by molar-refractivity contribution is 9.10. The van der Waals surface area contributed by atoms with Gasteiger partial charge in [0.25, 0.3) is 0 Å². The maximum atomic E-state index is 10.1. The molecule has 0 aliphatic rings. The molecule has 0 aliphatic heterocycles. The largest absolute Gasteiger partial charge is 0.489 e. The van der Waals surface area contributed by atoms with Crippen LogP contribution in [0.3, 0.4) is 0 Å². The van der Waals surface area contributed by atoms with Crippen LogP contribution >= 0.6 is 15.9 Å². The molecule has 0 spiro atoms. The van der Waals surface area contributed by atoms with Crippen molar-refractivity contribution in [1.29, 1.82) is 0 Å². The average molecular weight is 1330 g/mol. The topological polar surface area (TPSA) is 66.7 Å². The minimum atomic E-state index is -1.53. The van der Waals surface area contributed by atoms with Gasteiger partial charge in [-0.15, -0.1) is 0 Å². The first-order valence-corrected chi connectivity index (χ1v) is 33.9. The summed E-state index contributed by atoms with van der Waals surface area (Å²) < 4.78 is 13.9. The summed E-state index contributed by atoms with van der Waals surface area (Å²) in [5.41, 5.74) is 16.3. The van der Waals surface area contributed by atoms with Crippen LogP contribution in [-0.2, 0) is 0 Å². The Bertz CT molecular complexity index is 6400. The van der Waals surface area contributed by atoms with Gasteiger partial charge < -0.3 is 18.9 Å². The van der Waals surface area contributed by atoms with Crippen LogP contribution in [0.5, 0.6) is 0 Å². The van der Waals surface area contributed by atoms with E-state index in [9.17, 15) is 10.0 Å². The molecule has 0 unspecified atom stereocenters. The van der Waals surface area contributed by atoms with Crippen molar-refractivity contribution in [3.63, 3.8) is 0 Å². The van der Waals surface area contributed by atoms with Crippen molar-refractivity contribution in [2.24, 2.45) is 0 Å². The first kappa shape index (κ1) is 60.7. The van der Waals surface area contributed by atoms with Gasteiger partial charge in [0, 0.05) is 36.8 Å². The number of benzene rings is 18. The molecule has 0 bridgehead atoms. The zero-order valence-corrected chi connectivity index (χ0v) is 54.6. The van der Waals surface area contributed by atoms with Crippen molar-refractivity contribution in [2.45, 2.75) is 7.43 Å². The first-order valence-electron chi connectivity index (χ1n) is 33.1. The molecule has 0 saturated carbocycles. The van der Waals surface area contributed by atoms with Gasteiger partial charge in [-0.3, -0.25) is 0 Å². The molecule has 4 nitrogen and oxygen atoms in total. The van der Waals surface area contributed by atoms with E-state index in [0.717, 1.165) is 75.6 Å². The normalized spacial score (nSPS) is 11.5. The minimum Gasteiger partial charge on any atom is -0.455 e. The monoisotopic (exact) mass is 1330 g/mol. The lowest BCUT2D eigenvalue weighted by Gasteiger charge is -2.18. The van der Waals surface area contributed by atoms with Crippen molar-refractivity contribution in [3.05, 3.63) is 344 Å². The van der Waals surface area contributed by atoms with Gasteiger partial charge in [-0.25, -0.2) is 0 Å². The summed E-state index contributed by atoms with van der Waals surface area (Å²) in [7, 11) is -1.53. The molecule has 99 heavy (non-hydrogen) atoms. The zero-order chi connectivity index (χ0) is 65.4. The molecule has 6 heteroatoms. The van der Waals surface area contributed by atoms with Crippen LogP contribution in [0.25, 0.3) is 186 Å². The quantitative estimate of drug-likeness (QED) is 0.0989. The van der Waals surface area contributed by atoms with Gasteiger partial charge in [-0.1, -0.05) is 333 Å². The van der Waals surface area contributed by atoms with Crippen molar-refractivity contribution < 1.29 is 18.9 Å². The summed E-state index contributed by atoms with van der Waals surface area (Å²) in [6.07, 6.45) is 0. The van der Waals surface area contributed by atoms with Gasteiger partial charge in [0.2, 0.25) is 0 Å². The number of furan rings is 2. The molecule has 0 aliphatic carbocycles. The summed E-state index contributed by atoms with van der Waals surface area (Å²) in [6, 6.07) is 119. The molecular formula is C93H62BBrO4. The molecule has 18 aromatic carbocycles. The van der Waals surface area contributed by atoms with E-state index < -0.39 is 7.12 Å². The van der Waals surface area contributed by atoms with E-state index in [1.54, 1.807) is 0 Å². The zero-order valence-electron chi connectivity index (χ0n) is 53.0. The summed E-state index contributed by atoms with van der Waals surface area (Å²) in [4.78, 5) is 0. The first-order chi connectivity index (χ1) is 48.4. The summed E-state index contributed by atoms with van der Waals surface area (Å²) in [6.45, 7) is 0. The smallest absolute Gasteiger partial charge is 0.455 e. The second kappa shape index (κ2) is 25.3. The molecule has 0 atom stereocenters. The summed E-state index contributed by atoms with van der Waals surface area (Å²) >= 11 is 3.57. The van der Waals surface area contributed by atoms with Gasteiger partial charge in [0.05, 0.1) is 0 Å². The summed E-state index contributed by atoms with van der Waals surface area (Å²) in [5, 5.41) is 43.4. The lowest BCUT2D eigenvalue weighted by molar-refractivity contribution is 0.426. The van der Waals surface area contributed by atoms with E-state index in [4.69, 9.17) is 8.83 Å². The molecule has 0 fully saturated rings. The lowest BCUT2D eigenvalue weighted by atomic mass is 9.72. The third kappa shape index (κ3) is 10.4. The Morgan fingerprint density at radius 3 is 0.869 bits per heavy atom. The molecule has 2 heterocycles. The number of hydrogen-bond donors (Lipinski definition) is 2. The van der Waals surface area contributed by atoms with E-state index in [2.05, 4.69) is 277 Å². The van der Waals surface area contributed by atoms with Gasteiger partial charge in [0.15, 0.2) is 0 Å². The van der Waals surface area contributed by atoms with E-state index >= 15 is 0 Å². The maximum absolute atomic E-state index is 10.1. The van der Waals surface area contributed by atoms with Crippen LogP contribution in [0.2, 0.25) is 0 Å². The van der Waals surface area contributed by atoms with Gasteiger partial charge in [-0.2, -0.15) is 0 Å². The predicted molar refractivity (Wildman–Crippen MR) is 425 cm³/mol. The second-order valence-electron chi connectivity index (χ2n) is 25.1. The van der Waals surface area contributed by atoms with Crippen molar-refractivity contribution >= 4 is 159 Å². The standard InChI is InChI=1S/C46H28O.C26H19BO2.C20H11BrO.CH4/c1-2-12-29(13-3-1)30-22-24-31(25-23-30)43-36-17-7-9-19-38(36)44(39-20-10-8-18-37(39)43)32-26-27-42-41(28-32)45-35-16-6-4-14-33(35)34-15-5-11-21-40(34)46(45)47-42;28-27(29)26-23-12-6-4-10-21(23)25(22-11-5-7-13-24(22)26)20-16-14-19(15-17-20)18-8-2-1-3-9-18;21-12-9-10-18-17(11-12)19-15-7-3-1-5-13(15)14-6-2-4-8-16(14)20(19)22-18;/h1-28H;1-17,28-29H;1-11H;1H4. The van der Waals surface area contributed by atoms with Gasteiger partial charge >= 0.3 is 7.12 Å². The van der Waals surface area contributed by atoms with Gasteiger partial charge in [0.1, 0.15) is 22.3 Å². The fourth-order valence-electron chi connectivity index (χ4n) is 15.4. The van der Waals surface area contributed by atoms with Crippen molar-refractivity contribution in [3.8, 4) is 55.6 Å². The fourth-order valence-corrected chi connectivity index (χ4v) is 15.7. The molecular weight excluding hydrogens is 1270 g/mol. The van der Waals surface area contributed by atoms with E-state index in [1.165, 1.54) is 115 Å². The SMILES string of the molecule is Brc1ccc2oc3c4ccccc4c4ccccc4c3c2c1.C.OB(O)c1c2ccccc2c(-c2ccc(-c3ccccc3)cc2)c2ccccc12.c1ccc(-c2ccc(-c3c4ccccc4c(-c4ccc5oc6c7ccccc7c7ccccc7c6c5c4)c4ccccc34)cc2)cc1. The molecule has 20 aromatic rings. The minimum absolute atomic E-state index is 0. The van der Waals surface area contributed by atoms with Crippen LogP contribution in [0.1, 0.15) is 7.43 Å². The Morgan fingerprint density at radius 2 is 0.485 bits per heavy atom. The van der Waals surface area contributed by atoms with Crippen LogP contribution in [0, 0.1) is 0 Å². The number of fused-ring (bicyclic) bond motifs is 20. The Hall–Kier alpha value is -11.9. The third-order valence-electron chi connectivity index (χ3n) is 19.7. The van der Waals surface area contributed by atoms with Gasteiger partial charge in [-0.05, 0) is 167 Å². The Balaban J connectivity index is 0.000000120. The highest BCUT2D eigenvalue weighted by Crippen LogP contribution is 2.48. The number of hydrogen-bond acceptors (Lipinski definition) is 4. The molecule has 2 aromatic heterocycles. The average Bonchev–Trinajstić information content (AvgIpc) is 1.69. The highest BCUT2D eigenvalue weighted by Gasteiger charge is 2.24. The molecule has 0 saturated heterocycles. The molecule has 20 rings (SSSR count). The molecule has 0 radical (unpaired) electrons.